The summed E-state index contributed by atoms with van der Waals surface area (Å²) in [5.74, 6) is 0.715. The number of ether oxygens (including phenoxy) is 1. The van der Waals surface area contributed by atoms with Crippen molar-refractivity contribution in [2.75, 3.05) is 18.5 Å². The fourth-order valence-corrected chi connectivity index (χ4v) is 3.85. The molecule has 2 aromatic carbocycles. The lowest BCUT2D eigenvalue weighted by Crippen LogP contribution is -2.35. The Labute approximate surface area is 167 Å². The Morgan fingerprint density at radius 3 is 2.68 bits per heavy atom. The number of fused-ring (bicyclic) bond motifs is 1. The Morgan fingerprint density at radius 1 is 1.00 bits per heavy atom. The van der Waals surface area contributed by atoms with E-state index >= 15 is 0 Å². The molecule has 3 aromatic rings. The standard InChI is InChI=1S/C22H20N2O3S/c25-21(23-13-15-12-16-6-1-4-9-19(16)27-14-15)17-7-2-3-8-18(17)24-22(26)20-10-5-11-28-20/h1-11,15H,12-14H2,(H,23,25)(H,24,26). The van der Waals surface area contributed by atoms with Crippen LogP contribution in [0.1, 0.15) is 25.6 Å². The molecular weight excluding hydrogens is 372 g/mol. The summed E-state index contributed by atoms with van der Waals surface area (Å²) in [6.45, 7) is 1.09. The van der Waals surface area contributed by atoms with E-state index < -0.39 is 0 Å². The van der Waals surface area contributed by atoms with Crippen LogP contribution in [0.4, 0.5) is 5.69 Å². The summed E-state index contributed by atoms with van der Waals surface area (Å²) in [5, 5.41) is 7.66. The van der Waals surface area contributed by atoms with Crippen molar-refractivity contribution in [3.8, 4) is 5.75 Å². The van der Waals surface area contributed by atoms with Gasteiger partial charge in [-0.05, 0) is 41.6 Å². The molecule has 2 heterocycles. The maximum atomic E-state index is 12.7. The second-order valence-corrected chi connectivity index (χ2v) is 7.62. The zero-order valence-corrected chi connectivity index (χ0v) is 16.0. The number of amides is 2. The Hall–Kier alpha value is -3.12. The summed E-state index contributed by atoms with van der Waals surface area (Å²) < 4.78 is 5.78. The summed E-state index contributed by atoms with van der Waals surface area (Å²) in [4.78, 5) is 25.6. The highest BCUT2D eigenvalue weighted by molar-refractivity contribution is 7.12. The Balaban J connectivity index is 1.39. The van der Waals surface area contributed by atoms with E-state index in [9.17, 15) is 9.59 Å². The molecule has 1 aliphatic heterocycles. The van der Waals surface area contributed by atoms with E-state index in [0.717, 1.165) is 17.7 Å². The van der Waals surface area contributed by atoms with E-state index in [-0.39, 0.29) is 17.7 Å². The Bertz CT molecular complexity index is 985. The smallest absolute Gasteiger partial charge is 0.265 e. The largest absolute Gasteiger partial charge is 0.493 e. The second-order valence-electron chi connectivity index (χ2n) is 6.68. The number of anilines is 1. The van der Waals surface area contributed by atoms with E-state index in [1.54, 1.807) is 30.3 Å². The molecule has 1 aromatic heterocycles. The average Bonchev–Trinajstić information content (AvgIpc) is 3.27. The van der Waals surface area contributed by atoms with E-state index in [1.807, 2.05) is 29.6 Å². The van der Waals surface area contributed by atoms with Crippen LogP contribution in [-0.4, -0.2) is 25.0 Å². The minimum atomic E-state index is -0.215. The molecule has 0 bridgehead atoms. The molecule has 2 N–H and O–H groups in total. The third-order valence-corrected chi connectivity index (χ3v) is 5.54. The van der Waals surface area contributed by atoms with Gasteiger partial charge in [0, 0.05) is 12.5 Å². The predicted octanol–water partition coefficient (Wildman–Crippen LogP) is 3.98. The van der Waals surface area contributed by atoms with Gasteiger partial charge < -0.3 is 15.4 Å². The quantitative estimate of drug-likeness (QED) is 0.690. The molecule has 142 valence electrons. The molecule has 2 amide bonds. The minimum Gasteiger partial charge on any atom is -0.493 e. The highest BCUT2D eigenvalue weighted by Crippen LogP contribution is 2.26. The first-order valence-corrected chi connectivity index (χ1v) is 10.0. The van der Waals surface area contributed by atoms with Gasteiger partial charge in [0.2, 0.25) is 0 Å². The number of carbonyl (C=O) groups excluding carboxylic acids is 2. The van der Waals surface area contributed by atoms with Gasteiger partial charge >= 0.3 is 0 Å². The third kappa shape index (κ3) is 4.07. The first kappa shape index (κ1) is 18.3. The van der Waals surface area contributed by atoms with E-state index in [1.165, 1.54) is 11.3 Å². The van der Waals surface area contributed by atoms with Crippen molar-refractivity contribution in [1.29, 1.82) is 0 Å². The molecule has 5 nitrogen and oxygen atoms in total. The molecule has 0 saturated carbocycles. The van der Waals surface area contributed by atoms with E-state index in [0.29, 0.717) is 29.3 Å². The van der Waals surface area contributed by atoms with Gasteiger partial charge in [-0.1, -0.05) is 36.4 Å². The van der Waals surface area contributed by atoms with Crippen LogP contribution in [0.15, 0.2) is 66.0 Å². The van der Waals surface area contributed by atoms with Crippen molar-refractivity contribution in [1.82, 2.24) is 5.32 Å². The van der Waals surface area contributed by atoms with E-state index in [2.05, 4.69) is 16.7 Å². The van der Waals surface area contributed by atoms with Crippen molar-refractivity contribution < 1.29 is 14.3 Å². The summed E-state index contributed by atoms with van der Waals surface area (Å²) in [6.07, 6.45) is 0.868. The minimum absolute atomic E-state index is 0.207. The van der Waals surface area contributed by atoms with Crippen LogP contribution in [-0.2, 0) is 6.42 Å². The lowest BCUT2D eigenvalue weighted by molar-refractivity contribution is 0.0940. The third-order valence-electron chi connectivity index (χ3n) is 4.67. The van der Waals surface area contributed by atoms with Crippen LogP contribution in [0.25, 0.3) is 0 Å². The molecule has 0 spiro atoms. The van der Waals surface area contributed by atoms with Crippen molar-refractivity contribution >= 4 is 28.8 Å². The second kappa shape index (κ2) is 8.27. The van der Waals surface area contributed by atoms with Gasteiger partial charge in [0.05, 0.1) is 22.7 Å². The molecule has 6 heteroatoms. The fourth-order valence-electron chi connectivity index (χ4n) is 3.24. The number of carbonyl (C=O) groups is 2. The molecule has 0 aliphatic carbocycles. The molecule has 1 aliphatic rings. The predicted molar refractivity (Wildman–Crippen MR) is 110 cm³/mol. The van der Waals surface area contributed by atoms with Gasteiger partial charge in [0.15, 0.2) is 0 Å². The summed E-state index contributed by atoms with van der Waals surface area (Å²) >= 11 is 1.36. The molecule has 4 rings (SSSR count). The topological polar surface area (TPSA) is 67.4 Å². The lowest BCUT2D eigenvalue weighted by Gasteiger charge is -2.25. The number of nitrogens with one attached hydrogen (secondary N) is 2. The summed E-state index contributed by atoms with van der Waals surface area (Å²) in [5.41, 5.74) is 2.12. The van der Waals surface area contributed by atoms with Crippen molar-refractivity contribution in [3.63, 3.8) is 0 Å². The van der Waals surface area contributed by atoms with Crippen LogP contribution < -0.4 is 15.4 Å². The molecule has 28 heavy (non-hydrogen) atoms. The Morgan fingerprint density at radius 2 is 1.82 bits per heavy atom. The van der Waals surface area contributed by atoms with Gasteiger partial charge in [0.1, 0.15) is 5.75 Å². The highest BCUT2D eigenvalue weighted by atomic mass is 32.1. The number of para-hydroxylation sites is 2. The maximum Gasteiger partial charge on any atom is 0.265 e. The zero-order valence-electron chi connectivity index (χ0n) is 15.2. The van der Waals surface area contributed by atoms with Crippen LogP contribution >= 0.6 is 11.3 Å². The molecule has 0 radical (unpaired) electrons. The monoisotopic (exact) mass is 392 g/mol. The molecule has 1 atom stereocenters. The van der Waals surface area contributed by atoms with Gasteiger partial charge in [-0.3, -0.25) is 9.59 Å². The molecular formula is C22H20N2O3S. The van der Waals surface area contributed by atoms with Crippen molar-refractivity contribution in [2.45, 2.75) is 6.42 Å². The lowest BCUT2D eigenvalue weighted by atomic mass is 9.96. The maximum absolute atomic E-state index is 12.7. The first-order valence-electron chi connectivity index (χ1n) is 9.13. The SMILES string of the molecule is O=C(Nc1ccccc1C(=O)NCC1COc2ccccc2C1)c1cccs1. The van der Waals surface area contributed by atoms with Crippen LogP contribution in [0.2, 0.25) is 0 Å². The van der Waals surface area contributed by atoms with Crippen molar-refractivity contribution in [3.05, 3.63) is 82.0 Å². The highest BCUT2D eigenvalue weighted by Gasteiger charge is 2.21. The molecule has 0 fully saturated rings. The van der Waals surface area contributed by atoms with E-state index in [4.69, 9.17) is 4.74 Å². The van der Waals surface area contributed by atoms with Gasteiger partial charge in [0.25, 0.3) is 11.8 Å². The molecule has 1 unspecified atom stereocenters. The van der Waals surface area contributed by atoms with Gasteiger partial charge in [-0.2, -0.15) is 0 Å². The van der Waals surface area contributed by atoms with Gasteiger partial charge in [-0.25, -0.2) is 0 Å². The normalized spacial score (nSPS) is 15.2. The summed E-state index contributed by atoms with van der Waals surface area (Å²) in [6, 6.07) is 18.6. The first-order chi connectivity index (χ1) is 13.7. The number of benzene rings is 2. The number of thiophene rings is 1. The Kier molecular flexibility index (Phi) is 5.39. The molecule has 0 saturated heterocycles. The van der Waals surface area contributed by atoms with Crippen LogP contribution in [0, 0.1) is 5.92 Å². The van der Waals surface area contributed by atoms with Gasteiger partial charge in [-0.15, -0.1) is 11.3 Å². The number of rotatable bonds is 5. The van der Waals surface area contributed by atoms with Crippen LogP contribution in [0.5, 0.6) is 5.75 Å². The number of hydrogen-bond acceptors (Lipinski definition) is 4. The zero-order chi connectivity index (χ0) is 19.3. The van der Waals surface area contributed by atoms with Crippen molar-refractivity contribution in [2.24, 2.45) is 5.92 Å². The fraction of sp³-hybridized carbons (Fsp3) is 0.182. The average molecular weight is 392 g/mol. The number of hydrogen-bond donors (Lipinski definition) is 2. The van der Waals surface area contributed by atoms with Crippen LogP contribution in [0.3, 0.4) is 0 Å². The summed E-state index contributed by atoms with van der Waals surface area (Å²) in [7, 11) is 0.